The zero-order valence-electron chi connectivity index (χ0n) is 14.5. The lowest BCUT2D eigenvalue weighted by molar-refractivity contribution is -0.129. The molecule has 3 aliphatic rings. The first-order chi connectivity index (χ1) is 12.5. The van der Waals surface area contributed by atoms with Gasteiger partial charge in [-0.3, -0.25) is 4.79 Å². The summed E-state index contributed by atoms with van der Waals surface area (Å²) < 4.78 is 32.4. The highest BCUT2D eigenvalue weighted by Crippen LogP contribution is 2.34. The van der Waals surface area contributed by atoms with Crippen molar-refractivity contribution in [1.29, 1.82) is 0 Å². The van der Waals surface area contributed by atoms with E-state index in [4.69, 9.17) is 4.74 Å². The first kappa shape index (κ1) is 17.2. The molecule has 2 heterocycles. The quantitative estimate of drug-likeness (QED) is 0.828. The van der Waals surface area contributed by atoms with Crippen LogP contribution in [0.3, 0.4) is 0 Å². The standard InChI is InChI=1S/C19H22F2N2O3/c20-13-7-12(8-14(21)9-13)11-23-16-5-6-22(17(16)10-18(23)24)19(25)26-15-3-1-2-4-15/h7-9,15-17H,1-6,10-11H2/t16-,17-/m0/s1. The Morgan fingerprint density at radius 2 is 1.77 bits per heavy atom. The van der Waals surface area contributed by atoms with Gasteiger partial charge in [0.2, 0.25) is 5.91 Å². The Labute approximate surface area is 150 Å². The Balaban J connectivity index is 1.44. The maximum absolute atomic E-state index is 13.4. The average Bonchev–Trinajstić information content (AvgIpc) is 3.26. The largest absolute Gasteiger partial charge is 0.446 e. The van der Waals surface area contributed by atoms with Gasteiger partial charge in [0.15, 0.2) is 0 Å². The minimum atomic E-state index is -0.656. The second-order valence-corrected chi connectivity index (χ2v) is 7.41. The van der Waals surface area contributed by atoms with Crippen molar-refractivity contribution in [3.05, 3.63) is 35.4 Å². The molecule has 0 spiro atoms. The number of carbonyl (C=O) groups excluding carboxylic acids is 2. The molecule has 0 N–H and O–H groups in total. The fraction of sp³-hybridized carbons (Fsp3) is 0.579. The summed E-state index contributed by atoms with van der Waals surface area (Å²) in [5, 5.41) is 0. The maximum Gasteiger partial charge on any atom is 0.410 e. The van der Waals surface area contributed by atoms with Crippen LogP contribution in [0.15, 0.2) is 18.2 Å². The maximum atomic E-state index is 13.4. The van der Waals surface area contributed by atoms with Crippen LogP contribution in [0.1, 0.15) is 44.1 Å². The molecule has 0 unspecified atom stereocenters. The van der Waals surface area contributed by atoms with Crippen LogP contribution in [-0.4, -0.2) is 46.5 Å². The minimum Gasteiger partial charge on any atom is -0.446 e. The van der Waals surface area contributed by atoms with Crippen LogP contribution in [0.2, 0.25) is 0 Å². The topological polar surface area (TPSA) is 49.9 Å². The first-order valence-electron chi connectivity index (χ1n) is 9.23. The number of benzene rings is 1. The third kappa shape index (κ3) is 3.27. The predicted octanol–water partition coefficient (Wildman–Crippen LogP) is 3.22. The Bertz CT molecular complexity index is 700. The van der Waals surface area contributed by atoms with Crippen molar-refractivity contribution in [1.82, 2.24) is 9.80 Å². The van der Waals surface area contributed by atoms with E-state index < -0.39 is 11.6 Å². The van der Waals surface area contributed by atoms with E-state index >= 15 is 0 Å². The fourth-order valence-electron chi connectivity index (χ4n) is 4.48. The van der Waals surface area contributed by atoms with E-state index in [0.717, 1.165) is 31.7 Å². The van der Waals surface area contributed by atoms with Crippen LogP contribution in [0.5, 0.6) is 0 Å². The molecule has 3 fully saturated rings. The van der Waals surface area contributed by atoms with Gasteiger partial charge < -0.3 is 14.5 Å². The molecule has 7 heteroatoms. The molecule has 1 aromatic rings. The number of amides is 2. The number of ether oxygens (including phenoxy) is 1. The molecular weight excluding hydrogens is 342 g/mol. The Morgan fingerprint density at radius 1 is 1.08 bits per heavy atom. The van der Waals surface area contributed by atoms with E-state index in [-0.39, 0.29) is 43.2 Å². The molecule has 2 aliphatic heterocycles. The lowest BCUT2D eigenvalue weighted by Gasteiger charge is -2.26. The van der Waals surface area contributed by atoms with Crippen molar-refractivity contribution < 1.29 is 23.1 Å². The van der Waals surface area contributed by atoms with Crippen molar-refractivity contribution >= 4 is 12.0 Å². The Morgan fingerprint density at radius 3 is 2.46 bits per heavy atom. The van der Waals surface area contributed by atoms with Crippen molar-refractivity contribution in [3.63, 3.8) is 0 Å². The molecule has 2 amide bonds. The zero-order valence-corrected chi connectivity index (χ0v) is 14.5. The van der Waals surface area contributed by atoms with Crippen molar-refractivity contribution in [2.24, 2.45) is 0 Å². The molecule has 0 aromatic heterocycles. The van der Waals surface area contributed by atoms with Crippen LogP contribution in [0, 0.1) is 11.6 Å². The highest BCUT2D eigenvalue weighted by Gasteiger charge is 2.49. The van der Waals surface area contributed by atoms with Crippen LogP contribution in [0.25, 0.3) is 0 Å². The molecule has 1 aromatic carbocycles. The summed E-state index contributed by atoms with van der Waals surface area (Å²) in [6.45, 7) is 0.697. The molecule has 2 saturated heterocycles. The van der Waals surface area contributed by atoms with E-state index in [9.17, 15) is 18.4 Å². The number of fused-ring (bicyclic) bond motifs is 1. The van der Waals surface area contributed by atoms with Gasteiger partial charge in [-0.1, -0.05) is 0 Å². The predicted molar refractivity (Wildman–Crippen MR) is 89.2 cm³/mol. The van der Waals surface area contributed by atoms with E-state index in [2.05, 4.69) is 0 Å². The Hall–Kier alpha value is -2.18. The highest BCUT2D eigenvalue weighted by molar-refractivity contribution is 5.82. The molecule has 0 bridgehead atoms. The van der Waals surface area contributed by atoms with E-state index in [0.29, 0.717) is 18.5 Å². The van der Waals surface area contributed by atoms with Crippen LogP contribution in [-0.2, 0) is 16.1 Å². The molecule has 5 nitrogen and oxygen atoms in total. The smallest absolute Gasteiger partial charge is 0.410 e. The van der Waals surface area contributed by atoms with Gasteiger partial charge in [-0.15, -0.1) is 0 Å². The van der Waals surface area contributed by atoms with Gasteiger partial charge in [-0.25, -0.2) is 13.6 Å². The van der Waals surface area contributed by atoms with Gasteiger partial charge in [0.1, 0.15) is 17.7 Å². The lowest BCUT2D eigenvalue weighted by atomic mass is 10.1. The summed E-state index contributed by atoms with van der Waals surface area (Å²) in [4.78, 5) is 28.2. The lowest BCUT2D eigenvalue weighted by Crippen LogP contribution is -2.40. The van der Waals surface area contributed by atoms with Gasteiger partial charge in [-0.2, -0.15) is 0 Å². The molecule has 1 saturated carbocycles. The second kappa shape index (κ2) is 6.85. The zero-order chi connectivity index (χ0) is 18.3. The van der Waals surface area contributed by atoms with E-state index in [1.54, 1.807) is 9.80 Å². The molecular formula is C19H22F2N2O3. The number of rotatable bonds is 3. The van der Waals surface area contributed by atoms with Crippen LogP contribution >= 0.6 is 0 Å². The number of carbonyl (C=O) groups is 2. The summed E-state index contributed by atoms with van der Waals surface area (Å²) in [7, 11) is 0. The molecule has 1 aliphatic carbocycles. The number of halogens is 2. The minimum absolute atomic E-state index is 0.00923. The molecule has 2 atom stereocenters. The molecule has 140 valence electrons. The summed E-state index contributed by atoms with van der Waals surface area (Å²) in [6.07, 6.45) is 4.53. The average molecular weight is 364 g/mol. The normalized spacial score (nSPS) is 25.8. The number of hydrogen-bond acceptors (Lipinski definition) is 3. The van der Waals surface area contributed by atoms with Crippen molar-refractivity contribution in [3.8, 4) is 0 Å². The monoisotopic (exact) mass is 364 g/mol. The number of nitrogens with zero attached hydrogens (tertiary/aromatic N) is 2. The second-order valence-electron chi connectivity index (χ2n) is 7.41. The summed E-state index contributed by atoms with van der Waals surface area (Å²) in [5.74, 6) is -1.41. The first-order valence-corrected chi connectivity index (χ1v) is 9.23. The SMILES string of the molecule is O=C1C[C@H]2[C@H](CCN2C(=O)OC2CCCC2)N1Cc1cc(F)cc(F)c1. The molecule has 4 rings (SSSR count). The molecule has 0 radical (unpaired) electrons. The summed E-state index contributed by atoms with van der Waals surface area (Å²) in [5.41, 5.74) is 0.420. The van der Waals surface area contributed by atoms with Gasteiger partial charge in [-0.05, 0) is 49.8 Å². The van der Waals surface area contributed by atoms with E-state index in [1.807, 2.05) is 0 Å². The number of hydrogen-bond donors (Lipinski definition) is 0. The molecule has 26 heavy (non-hydrogen) atoms. The summed E-state index contributed by atoms with van der Waals surface area (Å²) >= 11 is 0. The van der Waals surface area contributed by atoms with E-state index in [1.165, 1.54) is 12.1 Å². The fourth-order valence-corrected chi connectivity index (χ4v) is 4.48. The highest BCUT2D eigenvalue weighted by atomic mass is 19.1. The van der Waals surface area contributed by atoms with Gasteiger partial charge in [0.05, 0.1) is 12.1 Å². The third-order valence-corrected chi connectivity index (χ3v) is 5.69. The van der Waals surface area contributed by atoms with Crippen LogP contribution in [0.4, 0.5) is 13.6 Å². The third-order valence-electron chi connectivity index (χ3n) is 5.69. The summed E-state index contributed by atoms with van der Waals surface area (Å²) in [6, 6.07) is 2.96. The van der Waals surface area contributed by atoms with Crippen LogP contribution < -0.4 is 0 Å². The van der Waals surface area contributed by atoms with Crippen molar-refractivity contribution in [2.75, 3.05) is 6.54 Å². The van der Waals surface area contributed by atoms with Gasteiger partial charge >= 0.3 is 6.09 Å². The van der Waals surface area contributed by atoms with Gasteiger partial charge in [0, 0.05) is 25.6 Å². The van der Waals surface area contributed by atoms with Crippen molar-refractivity contribution in [2.45, 2.75) is 63.3 Å². The number of likely N-dealkylation sites (tertiary alicyclic amines) is 2. The Kier molecular flexibility index (Phi) is 4.54. The van der Waals surface area contributed by atoms with Gasteiger partial charge in [0.25, 0.3) is 0 Å².